The van der Waals surface area contributed by atoms with Crippen LogP contribution in [0.1, 0.15) is 84.8 Å². The zero-order chi connectivity index (χ0) is 42.2. The summed E-state index contributed by atoms with van der Waals surface area (Å²) in [6.45, 7) is 0.990. The first-order chi connectivity index (χ1) is 27.7. The topological polar surface area (TPSA) is 269 Å². The Hall–Kier alpha value is -6.52. The molecule has 5 amide bonds. The van der Waals surface area contributed by atoms with Crippen LogP contribution in [0.15, 0.2) is 60.7 Å². The molecule has 0 radical (unpaired) electrons. The zero-order valence-corrected chi connectivity index (χ0v) is 31.9. The van der Waals surface area contributed by atoms with E-state index in [2.05, 4.69) is 21.3 Å². The first kappa shape index (κ1) is 44.2. The number of carbonyl (C=O) groups excluding carboxylic acids is 4. The number of hydrogen-bond donors (Lipinski definition) is 8. The molecule has 8 N–H and O–H groups in total. The van der Waals surface area contributed by atoms with Crippen LogP contribution < -0.4 is 21.3 Å². The molecule has 17 nitrogen and oxygen atoms in total. The molecule has 0 bridgehead atoms. The molecule has 4 rings (SSSR count). The lowest BCUT2D eigenvalue weighted by Crippen LogP contribution is -2.51. The van der Waals surface area contributed by atoms with E-state index in [1.54, 1.807) is 17.0 Å². The highest BCUT2D eigenvalue weighted by Gasteiger charge is 2.26. The molecule has 1 aliphatic heterocycles. The molecule has 0 spiro atoms. The third-order valence-electron chi connectivity index (χ3n) is 9.84. The molecule has 0 saturated carbocycles. The van der Waals surface area contributed by atoms with Crippen LogP contribution in [0.2, 0.25) is 0 Å². The number of nitrogens with one attached hydrogen (secondary N) is 4. The van der Waals surface area contributed by atoms with Gasteiger partial charge in [-0.15, -0.1) is 0 Å². The first-order valence-electron chi connectivity index (χ1n) is 19.1. The minimum atomic E-state index is -1.53. The van der Waals surface area contributed by atoms with E-state index in [-0.39, 0.29) is 56.0 Å². The van der Waals surface area contributed by atoms with Gasteiger partial charge < -0.3 is 46.6 Å². The van der Waals surface area contributed by atoms with Crippen LogP contribution in [-0.4, -0.2) is 104 Å². The van der Waals surface area contributed by atoms with Gasteiger partial charge in [-0.3, -0.25) is 19.2 Å². The average Bonchev–Trinajstić information content (AvgIpc) is 3.19. The summed E-state index contributed by atoms with van der Waals surface area (Å²) in [4.78, 5) is 98.8. The zero-order valence-electron chi connectivity index (χ0n) is 31.9. The third-order valence-corrected chi connectivity index (χ3v) is 9.84. The predicted octanol–water partition coefficient (Wildman–Crippen LogP) is 3.07. The molecule has 1 heterocycles. The summed E-state index contributed by atoms with van der Waals surface area (Å²) >= 11 is 0. The number of benzene rings is 3. The van der Waals surface area contributed by atoms with Crippen molar-refractivity contribution in [2.45, 2.75) is 95.3 Å². The minimum Gasteiger partial charge on any atom is -0.481 e. The number of carboxylic acid groups (broad SMARTS) is 4. The van der Waals surface area contributed by atoms with E-state index in [4.69, 9.17) is 5.11 Å². The van der Waals surface area contributed by atoms with Gasteiger partial charge >= 0.3 is 29.9 Å². The Kier molecular flexibility index (Phi) is 16.5. The number of amides is 5. The van der Waals surface area contributed by atoms with Crippen molar-refractivity contribution < 1.29 is 58.8 Å². The van der Waals surface area contributed by atoms with E-state index < -0.39 is 66.8 Å². The van der Waals surface area contributed by atoms with Gasteiger partial charge in [-0.25, -0.2) is 19.2 Å². The van der Waals surface area contributed by atoms with Gasteiger partial charge in [0.1, 0.15) is 18.1 Å². The summed E-state index contributed by atoms with van der Waals surface area (Å²) in [5.74, 6) is -5.97. The second kappa shape index (κ2) is 21.7. The molecule has 0 saturated heterocycles. The van der Waals surface area contributed by atoms with Gasteiger partial charge in [0.2, 0.25) is 17.7 Å². The van der Waals surface area contributed by atoms with Crippen LogP contribution in [0.3, 0.4) is 0 Å². The normalized spacial score (nSPS) is 13.6. The lowest BCUT2D eigenvalue weighted by atomic mass is 9.97. The standard InChI is InChI=1S/C41H49N5O12/c47-34(10-3-4-11-35(48)46-20-18-28-23-29(38(52)53)14-15-30(28)24-46)43-33(22-25-12-13-26-7-1-2-8-27(26)21-25)37(51)42-19-6-5-9-31(39(54)55)44-41(58)45-32(40(56)57)16-17-36(49)50/h1-2,7-8,12-15,21,23,31-33H,3-6,9-11,16-20,22,24H2,(H,42,51)(H,43,47)(H,49,50)(H,52,53)(H,54,55)(H,56,57)(H2,44,45,58)/t31-,32-,33-/m0/s1. The number of hydrogen-bond acceptors (Lipinski definition) is 8. The maximum atomic E-state index is 13.4. The number of fused-ring (bicyclic) bond motifs is 2. The molecule has 1 aliphatic rings. The van der Waals surface area contributed by atoms with E-state index in [1.807, 2.05) is 42.5 Å². The van der Waals surface area contributed by atoms with E-state index in [0.29, 0.717) is 38.8 Å². The van der Waals surface area contributed by atoms with Gasteiger partial charge in [0.25, 0.3) is 0 Å². The van der Waals surface area contributed by atoms with Gasteiger partial charge in [0, 0.05) is 45.3 Å². The number of rotatable bonds is 22. The minimum absolute atomic E-state index is 0.0517. The molecule has 0 fully saturated rings. The van der Waals surface area contributed by atoms with Gasteiger partial charge in [0.05, 0.1) is 5.56 Å². The summed E-state index contributed by atoms with van der Waals surface area (Å²) in [6.07, 6.45) is 1.51. The highest BCUT2D eigenvalue weighted by atomic mass is 16.4. The molecule has 3 atom stereocenters. The predicted molar refractivity (Wildman–Crippen MR) is 209 cm³/mol. The molecular formula is C41H49N5O12. The quantitative estimate of drug-likeness (QED) is 0.0682. The van der Waals surface area contributed by atoms with Crippen molar-refractivity contribution in [2.75, 3.05) is 13.1 Å². The lowest BCUT2D eigenvalue weighted by Gasteiger charge is -2.29. The molecule has 0 aromatic heterocycles. The third kappa shape index (κ3) is 13.9. The highest BCUT2D eigenvalue weighted by molar-refractivity contribution is 5.89. The van der Waals surface area contributed by atoms with Crippen molar-refractivity contribution in [1.82, 2.24) is 26.2 Å². The maximum absolute atomic E-state index is 13.4. The number of unbranched alkanes of at least 4 members (excludes halogenated alkanes) is 2. The first-order valence-corrected chi connectivity index (χ1v) is 19.1. The van der Waals surface area contributed by atoms with Crippen LogP contribution in [0, 0.1) is 0 Å². The van der Waals surface area contributed by atoms with Crippen LogP contribution in [0.25, 0.3) is 10.8 Å². The van der Waals surface area contributed by atoms with E-state index in [1.165, 1.54) is 6.07 Å². The Morgan fingerprint density at radius 1 is 0.655 bits per heavy atom. The number of aliphatic carboxylic acids is 3. The molecule has 0 unspecified atom stereocenters. The van der Waals surface area contributed by atoms with Gasteiger partial charge in [-0.1, -0.05) is 48.5 Å². The fourth-order valence-electron chi connectivity index (χ4n) is 6.65. The molecule has 310 valence electrons. The van der Waals surface area contributed by atoms with Crippen molar-refractivity contribution in [1.29, 1.82) is 0 Å². The fraction of sp³-hybridized carbons (Fsp3) is 0.415. The van der Waals surface area contributed by atoms with Crippen molar-refractivity contribution in [3.63, 3.8) is 0 Å². The van der Waals surface area contributed by atoms with Gasteiger partial charge in [-0.05, 0) is 84.5 Å². The molecular weight excluding hydrogens is 754 g/mol. The van der Waals surface area contributed by atoms with E-state index in [9.17, 15) is 53.7 Å². The van der Waals surface area contributed by atoms with Crippen molar-refractivity contribution in [3.8, 4) is 0 Å². The number of nitrogens with zero attached hydrogens (tertiary/aromatic N) is 1. The number of aromatic carboxylic acids is 1. The summed E-state index contributed by atoms with van der Waals surface area (Å²) in [7, 11) is 0. The maximum Gasteiger partial charge on any atom is 0.335 e. The summed E-state index contributed by atoms with van der Waals surface area (Å²) in [5.41, 5.74) is 2.85. The van der Waals surface area contributed by atoms with Crippen LogP contribution in [0.5, 0.6) is 0 Å². The molecule has 3 aromatic rings. The van der Waals surface area contributed by atoms with E-state index >= 15 is 0 Å². The lowest BCUT2D eigenvalue weighted by molar-refractivity contribution is -0.141. The van der Waals surface area contributed by atoms with Crippen LogP contribution in [0.4, 0.5) is 4.79 Å². The molecule has 58 heavy (non-hydrogen) atoms. The summed E-state index contributed by atoms with van der Waals surface area (Å²) in [5, 5.41) is 48.7. The van der Waals surface area contributed by atoms with Gasteiger partial charge in [-0.2, -0.15) is 0 Å². The van der Waals surface area contributed by atoms with Crippen LogP contribution in [-0.2, 0) is 48.2 Å². The van der Waals surface area contributed by atoms with Crippen molar-refractivity contribution >= 4 is 58.4 Å². The van der Waals surface area contributed by atoms with Crippen molar-refractivity contribution in [3.05, 3.63) is 82.9 Å². The average molecular weight is 804 g/mol. The number of carbonyl (C=O) groups is 8. The summed E-state index contributed by atoms with van der Waals surface area (Å²) < 4.78 is 0. The smallest absolute Gasteiger partial charge is 0.335 e. The van der Waals surface area contributed by atoms with E-state index in [0.717, 1.165) is 27.5 Å². The molecule has 0 aliphatic carbocycles. The Morgan fingerprint density at radius 3 is 2.03 bits per heavy atom. The van der Waals surface area contributed by atoms with Crippen LogP contribution >= 0.6 is 0 Å². The Morgan fingerprint density at radius 2 is 1.34 bits per heavy atom. The number of urea groups is 1. The second-order valence-corrected chi connectivity index (χ2v) is 14.2. The van der Waals surface area contributed by atoms with Gasteiger partial charge in [0.15, 0.2) is 0 Å². The SMILES string of the molecule is O=C(O)CC[C@H](NC(=O)N[C@@H](CCCCNC(=O)[C@H](Cc1ccc2ccccc2c1)NC(=O)CCCCC(=O)N1CCc2cc(C(=O)O)ccc2C1)C(=O)O)C(=O)O. The van der Waals surface area contributed by atoms with Crippen molar-refractivity contribution in [2.24, 2.45) is 0 Å². The Bertz CT molecular complexity index is 2000. The largest absolute Gasteiger partial charge is 0.481 e. The fourth-order valence-corrected chi connectivity index (χ4v) is 6.65. The summed E-state index contributed by atoms with van der Waals surface area (Å²) in [6, 6.07) is 13.4. The molecule has 17 heteroatoms. The number of carboxylic acids is 4. The highest BCUT2D eigenvalue weighted by Crippen LogP contribution is 2.22. The monoisotopic (exact) mass is 803 g/mol. The Labute approximate surface area is 334 Å². The second-order valence-electron chi connectivity index (χ2n) is 14.2. The molecule has 3 aromatic carbocycles. The Balaban J connectivity index is 1.26.